The summed E-state index contributed by atoms with van der Waals surface area (Å²) in [7, 11) is 0. The van der Waals surface area contributed by atoms with Crippen molar-refractivity contribution in [3.05, 3.63) is 77.9 Å². The van der Waals surface area contributed by atoms with Crippen molar-refractivity contribution < 1.29 is 28.6 Å². The molecule has 10 nitrogen and oxygen atoms in total. The number of hydrogen-bond donors (Lipinski definition) is 3. The summed E-state index contributed by atoms with van der Waals surface area (Å²) in [6, 6.07) is 19.2. The van der Waals surface area contributed by atoms with Gasteiger partial charge in [0.25, 0.3) is 5.91 Å². The number of hydrazone groups is 1. The van der Waals surface area contributed by atoms with Gasteiger partial charge in [0.1, 0.15) is 5.75 Å². The first-order valence-corrected chi connectivity index (χ1v) is 13.0. The minimum absolute atomic E-state index is 0.207. The minimum Gasteiger partial charge on any atom is -0.494 e. The zero-order valence-corrected chi connectivity index (χ0v) is 22.9. The molecule has 0 radical (unpaired) electrons. The average molecular weight is 547 g/mol. The molecule has 0 aliphatic heterocycles. The van der Waals surface area contributed by atoms with E-state index < -0.39 is 11.8 Å². The van der Waals surface area contributed by atoms with Crippen LogP contribution in [0.4, 0.5) is 11.4 Å². The van der Waals surface area contributed by atoms with Crippen molar-refractivity contribution in [1.29, 1.82) is 0 Å². The largest absolute Gasteiger partial charge is 0.494 e. The first-order chi connectivity index (χ1) is 19.4. The Morgan fingerprint density at radius 3 is 2.20 bits per heavy atom. The molecule has 0 heterocycles. The smallest absolute Gasteiger partial charge is 0.329 e. The Labute approximate surface area is 233 Å². The Kier molecular flexibility index (Phi) is 11.5. The lowest BCUT2D eigenvalue weighted by molar-refractivity contribution is -0.136. The zero-order valence-electron chi connectivity index (χ0n) is 22.9. The summed E-state index contributed by atoms with van der Waals surface area (Å²) in [6.45, 7) is 6.65. The zero-order chi connectivity index (χ0) is 28.7. The molecule has 10 heteroatoms. The van der Waals surface area contributed by atoms with Crippen LogP contribution < -0.4 is 30.3 Å². The van der Waals surface area contributed by atoms with Crippen molar-refractivity contribution in [2.24, 2.45) is 5.10 Å². The van der Waals surface area contributed by atoms with Crippen LogP contribution in [0.3, 0.4) is 0 Å². The molecule has 40 heavy (non-hydrogen) atoms. The standard InChI is InChI=1S/C30H34N4O6/c1-4-6-17-39-25-14-12-24(13-15-25)33-29(36)30(37)34-31-19-22-9-16-26(27(18-22)38-5-2)40-20-28(35)32-23-10-7-21(3)8-11-23/h7-16,18-19H,4-6,17,20H2,1-3H3,(H,32,35)(H,33,36)(H,34,37)/b31-19-. The molecule has 0 unspecified atom stereocenters. The third-order valence-electron chi connectivity index (χ3n) is 5.43. The van der Waals surface area contributed by atoms with E-state index in [1.165, 1.54) is 6.21 Å². The number of carbonyl (C=O) groups is 3. The van der Waals surface area contributed by atoms with Crippen molar-refractivity contribution in [3.8, 4) is 17.2 Å². The fraction of sp³-hybridized carbons (Fsp3) is 0.267. The molecule has 210 valence electrons. The van der Waals surface area contributed by atoms with Gasteiger partial charge >= 0.3 is 11.8 Å². The Balaban J connectivity index is 1.50. The monoisotopic (exact) mass is 546 g/mol. The highest BCUT2D eigenvalue weighted by molar-refractivity contribution is 6.39. The highest BCUT2D eigenvalue weighted by atomic mass is 16.5. The number of carbonyl (C=O) groups excluding carboxylic acids is 3. The van der Waals surface area contributed by atoms with Crippen LogP contribution in [0.2, 0.25) is 0 Å². The number of nitrogens with zero attached hydrogens (tertiary/aromatic N) is 1. The van der Waals surface area contributed by atoms with Gasteiger partial charge < -0.3 is 24.8 Å². The maximum Gasteiger partial charge on any atom is 0.329 e. The van der Waals surface area contributed by atoms with Gasteiger partial charge in [-0.2, -0.15) is 5.10 Å². The van der Waals surface area contributed by atoms with Crippen LogP contribution in [0.1, 0.15) is 37.8 Å². The normalized spacial score (nSPS) is 10.6. The van der Waals surface area contributed by atoms with E-state index in [0.29, 0.717) is 47.4 Å². The summed E-state index contributed by atoms with van der Waals surface area (Å²) in [5, 5.41) is 9.13. The quantitative estimate of drug-likeness (QED) is 0.124. The molecule has 3 rings (SSSR count). The summed E-state index contributed by atoms with van der Waals surface area (Å²) >= 11 is 0. The molecule has 0 aromatic heterocycles. The summed E-state index contributed by atoms with van der Waals surface area (Å²) in [6.07, 6.45) is 3.36. The number of rotatable bonds is 13. The second-order valence-electron chi connectivity index (χ2n) is 8.72. The Morgan fingerprint density at radius 2 is 1.50 bits per heavy atom. The summed E-state index contributed by atoms with van der Waals surface area (Å²) in [5.41, 5.74) is 5.01. The van der Waals surface area contributed by atoms with Crippen molar-refractivity contribution in [2.45, 2.75) is 33.6 Å². The highest BCUT2D eigenvalue weighted by Gasteiger charge is 2.13. The summed E-state index contributed by atoms with van der Waals surface area (Å²) < 4.78 is 16.9. The third-order valence-corrected chi connectivity index (χ3v) is 5.43. The van der Waals surface area contributed by atoms with Gasteiger partial charge in [0.2, 0.25) is 0 Å². The van der Waals surface area contributed by atoms with Crippen LogP contribution in [-0.4, -0.2) is 43.8 Å². The Hall–Kier alpha value is -4.86. The average Bonchev–Trinajstić information content (AvgIpc) is 2.95. The molecule has 0 spiro atoms. The Morgan fingerprint density at radius 1 is 0.800 bits per heavy atom. The van der Waals surface area contributed by atoms with Crippen molar-refractivity contribution in [1.82, 2.24) is 5.43 Å². The Bertz CT molecular complexity index is 1310. The number of hydrogen-bond acceptors (Lipinski definition) is 7. The first kappa shape index (κ1) is 29.7. The van der Waals surface area contributed by atoms with E-state index in [9.17, 15) is 14.4 Å². The molecule has 0 fully saturated rings. The maximum absolute atomic E-state index is 12.3. The van der Waals surface area contributed by atoms with Gasteiger partial charge in [-0.25, -0.2) is 5.43 Å². The summed E-state index contributed by atoms with van der Waals surface area (Å²) in [5.74, 6) is -0.629. The van der Waals surface area contributed by atoms with E-state index in [4.69, 9.17) is 14.2 Å². The molecular formula is C30H34N4O6. The molecule has 3 aromatic rings. The van der Waals surface area contributed by atoms with E-state index in [2.05, 4.69) is 28.1 Å². The van der Waals surface area contributed by atoms with Crippen LogP contribution in [0.5, 0.6) is 17.2 Å². The summed E-state index contributed by atoms with van der Waals surface area (Å²) in [4.78, 5) is 36.6. The van der Waals surface area contributed by atoms with E-state index in [1.807, 2.05) is 38.1 Å². The van der Waals surface area contributed by atoms with Gasteiger partial charge in [0.15, 0.2) is 18.1 Å². The number of aryl methyl sites for hydroxylation is 1. The molecule has 3 aromatic carbocycles. The SMILES string of the molecule is CCCCOc1ccc(NC(=O)C(=O)N/N=C\c2ccc(OCC(=O)Nc3ccc(C)cc3)c(OCC)c2)cc1. The number of unbranched alkanes of at least 4 members (excludes halogenated alkanes) is 1. The van der Waals surface area contributed by atoms with E-state index in [1.54, 1.807) is 42.5 Å². The number of ether oxygens (including phenoxy) is 3. The molecule has 0 aliphatic carbocycles. The third kappa shape index (κ3) is 9.79. The van der Waals surface area contributed by atoms with Gasteiger partial charge in [-0.05, 0) is 80.4 Å². The first-order valence-electron chi connectivity index (χ1n) is 13.0. The fourth-order valence-corrected chi connectivity index (χ4v) is 3.34. The molecule has 0 atom stereocenters. The van der Waals surface area contributed by atoms with Crippen LogP contribution in [-0.2, 0) is 14.4 Å². The molecule has 3 N–H and O–H groups in total. The molecule has 0 aliphatic rings. The lowest BCUT2D eigenvalue weighted by atomic mass is 10.2. The van der Waals surface area contributed by atoms with Gasteiger partial charge in [0, 0.05) is 11.4 Å². The van der Waals surface area contributed by atoms with Crippen molar-refractivity contribution in [3.63, 3.8) is 0 Å². The van der Waals surface area contributed by atoms with E-state index in [-0.39, 0.29) is 12.5 Å². The molecule has 0 bridgehead atoms. The number of nitrogens with one attached hydrogen (secondary N) is 3. The van der Waals surface area contributed by atoms with Crippen molar-refractivity contribution in [2.75, 3.05) is 30.5 Å². The van der Waals surface area contributed by atoms with Gasteiger partial charge in [-0.3, -0.25) is 14.4 Å². The van der Waals surface area contributed by atoms with Crippen LogP contribution in [0, 0.1) is 6.92 Å². The van der Waals surface area contributed by atoms with Crippen LogP contribution in [0.25, 0.3) is 0 Å². The van der Waals surface area contributed by atoms with E-state index in [0.717, 1.165) is 18.4 Å². The number of anilines is 2. The number of amides is 3. The van der Waals surface area contributed by atoms with Gasteiger partial charge in [-0.15, -0.1) is 0 Å². The maximum atomic E-state index is 12.3. The number of benzene rings is 3. The predicted molar refractivity (Wildman–Crippen MR) is 154 cm³/mol. The van der Waals surface area contributed by atoms with Crippen LogP contribution in [0.15, 0.2) is 71.8 Å². The second-order valence-corrected chi connectivity index (χ2v) is 8.72. The van der Waals surface area contributed by atoms with E-state index >= 15 is 0 Å². The lowest BCUT2D eigenvalue weighted by Crippen LogP contribution is -2.32. The van der Waals surface area contributed by atoms with Gasteiger partial charge in [0.05, 0.1) is 19.4 Å². The molecular weight excluding hydrogens is 512 g/mol. The highest BCUT2D eigenvalue weighted by Crippen LogP contribution is 2.28. The molecule has 3 amide bonds. The van der Waals surface area contributed by atoms with Crippen molar-refractivity contribution >= 4 is 35.3 Å². The molecule has 0 saturated heterocycles. The molecule has 0 saturated carbocycles. The topological polar surface area (TPSA) is 127 Å². The lowest BCUT2D eigenvalue weighted by Gasteiger charge is -2.12. The minimum atomic E-state index is -0.927. The predicted octanol–water partition coefficient (Wildman–Crippen LogP) is 4.68. The van der Waals surface area contributed by atoms with Gasteiger partial charge in [-0.1, -0.05) is 31.0 Å². The fourth-order valence-electron chi connectivity index (χ4n) is 3.34. The van der Waals surface area contributed by atoms with Crippen LogP contribution >= 0.6 is 0 Å². The second kappa shape index (κ2) is 15.5.